The van der Waals surface area contributed by atoms with Crippen LogP contribution in [0.5, 0.6) is 0 Å². The van der Waals surface area contributed by atoms with E-state index in [1.807, 2.05) is 0 Å². The van der Waals surface area contributed by atoms with Crippen LogP contribution in [-0.2, 0) is 0 Å². The van der Waals surface area contributed by atoms with E-state index < -0.39 is 0 Å². The van der Waals surface area contributed by atoms with Crippen molar-refractivity contribution >= 4 is 0 Å². The molecule has 0 aromatic rings. The highest BCUT2D eigenvalue weighted by Gasteiger charge is 1.51. The van der Waals surface area contributed by atoms with Crippen LogP contribution >= 0.6 is 0 Å². The molecule has 0 spiro atoms. The molecule has 0 unspecified atom stereocenters. The molecule has 4 nitrogen and oxygen atoms in total. The highest BCUT2D eigenvalue weighted by molar-refractivity contribution is 4.36. The third-order valence-electron chi connectivity index (χ3n) is 0.205. The van der Waals surface area contributed by atoms with E-state index in [0.29, 0.717) is 6.54 Å². The molecule has 0 aliphatic carbocycles. The summed E-state index contributed by atoms with van der Waals surface area (Å²) in [5, 5.41) is 3.15. The largest absolute Gasteiger partial charge is 0.412 e. The van der Waals surface area contributed by atoms with Gasteiger partial charge in [0.2, 0.25) is 0 Å². The van der Waals surface area contributed by atoms with Gasteiger partial charge in [0.15, 0.2) is 0 Å². The Morgan fingerprint density at radius 1 is 1.71 bits per heavy atom. The lowest BCUT2D eigenvalue weighted by atomic mass is 10.8. The quantitative estimate of drug-likeness (QED) is 0.272. The minimum Gasteiger partial charge on any atom is -0.412 e. The first-order chi connectivity index (χ1) is 2.41. The van der Waals surface area contributed by atoms with Crippen molar-refractivity contribution in [3.8, 4) is 0 Å². The second-order valence-corrected chi connectivity index (χ2v) is 0.547. The van der Waals surface area contributed by atoms with Crippen LogP contribution in [0.3, 0.4) is 0 Å². The van der Waals surface area contributed by atoms with Crippen LogP contribution in [0.25, 0.3) is 10.4 Å². The molecule has 0 atom stereocenters. The molecular weight excluding hydrogens is 94.1 g/mol. The Kier molecular flexibility index (Phi) is 43.4. The van der Waals surface area contributed by atoms with Crippen molar-refractivity contribution in [2.24, 2.45) is 5.11 Å². The van der Waals surface area contributed by atoms with E-state index >= 15 is 0 Å². The Hall–Kier alpha value is -0.730. The smallest absolute Gasteiger partial charge is 0.0229 e. The normalized spacial score (nSPS) is 4.14. The summed E-state index contributed by atoms with van der Waals surface area (Å²) in [6.07, 6.45) is 0. The standard InChI is InChI=1S/C2H5N3.CH4.H2O/c1-2-4-5-3;;/h2H2,1H3;1H4;1H2. The Morgan fingerprint density at radius 3 is 2.14 bits per heavy atom. The van der Waals surface area contributed by atoms with E-state index in [2.05, 4.69) is 10.0 Å². The van der Waals surface area contributed by atoms with Crippen LogP contribution in [0.4, 0.5) is 0 Å². The maximum atomic E-state index is 7.52. The second kappa shape index (κ2) is 18.6. The number of hydrogen-bond acceptors (Lipinski definition) is 1. The molecule has 0 saturated heterocycles. The van der Waals surface area contributed by atoms with Crippen molar-refractivity contribution in [2.75, 3.05) is 6.54 Å². The molecule has 44 valence electrons. The average Bonchev–Trinajstić information content (AvgIpc) is 1.41. The van der Waals surface area contributed by atoms with Crippen molar-refractivity contribution < 1.29 is 5.48 Å². The number of rotatable bonds is 1. The third-order valence-corrected chi connectivity index (χ3v) is 0.205. The maximum Gasteiger partial charge on any atom is 0.0229 e. The molecule has 0 fully saturated rings. The van der Waals surface area contributed by atoms with Gasteiger partial charge < -0.3 is 5.48 Å². The molecule has 0 amide bonds. The SMILES string of the molecule is C.CCN=[N+]=[N-].O. The molecule has 7 heavy (non-hydrogen) atoms. The maximum absolute atomic E-state index is 7.52. The monoisotopic (exact) mass is 105 g/mol. The van der Waals surface area contributed by atoms with Crippen LogP contribution in [0.15, 0.2) is 5.11 Å². The van der Waals surface area contributed by atoms with Crippen LogP contribution < -0.4 is 0 Å². The van der Waals surface area contributed by atoms with E-state index in [1.54, 1.807) is 6.92 Å². The molecule has 0 radical (unpaired) electrons. The van der Waals surface area contributed by atoms with Gasteiger partial charge in [0.25, 0.3) is 0 Å². The summed E-state index contributed by atoms with van der Waals surface area (Å²) in [5.41, 5.74) is 7.52. The highest BCUT2D eigenvalue weighted by atomic mass is 16.0. The van der Waals surface area contributed by atoms with Crippen molar-refractivity contribution in [3.05, 3.63) is 10.4 Å². The van der Waals surface area contributed by atoms with E-state index in [-0.39, 0.29) is 12.9 Å². The van der Waals surface area contributed by atoms with Crippen LogP contribution in [0.2, 0.25) is 0 Å². The van der Waals surface area contributed by atoms with Gasteiger partial charge in [0, 0.05) is 11.5 Å². The van der Waals surface area contributed by atoms with Gasteiger partial charge in [-0.3, -0.25) is 0 Å². The van der Waals surface area contributed by atoms with Gasteiger partial charge in [0.05, 0.1) is 0 Å². The molecule has 0 aromatic heterocycles. The molecule has 0 aliphatic rings. The minimum atomic E-state index is 0. The third kappa shape index (κ3) is 34.9. The molecular formula is C3H11N3O. The first kappa shape index (κ1) is 16.3. The Labute approximate surface area is 43.1 Å². The van der Waals surface area contributed by atoms with E-state index in [1.165, 1.54) is 0 Å². The molecule has 0 aromatic carbocycles. The second-order valence-electron chi connectivity index (χ2n) is 0.547. The summed E-state index contributed by atoms with van der Waals surface area (Å²) in [5.74, 6) is 0. The molecule has 4 heteroatoms. The zero-order chi connectivity index (χ0) is 4.12. The first-order valence-corrected chi connectivity index (χ1v) is 1.42. The highest BCUT2D eigenvalue weighted by Crippen LogP contribution is 1.61. The molecule has 0 bridgehead atoms. The first-order valence-electron chi connectivity index (χ1n) is 1.42. The lowest BCUT2D eigenvalue weighted by Crippen LogP contribution is -1.52. The summed E-state index contributed by atoms with van der Waals surface area (Å²) in [4.78, 5) is 2.48. The number of azide groups is 1. The summed E-state index contributed by atoms with van der Waals surface area (Å²) in [7, 11) is 0. The fourth-order valence-electron chi connectivity index (χ4n) is 0.0632. The number of hydrogen-bond donors (Lipinski definition) is 0. The molecule has 2 N–H and O–H groups in total. The van der Waals surface area contributed by atoms with Gasteiger partial charge in [-0.2, -0.15) is 0 Å². The summed E-state index contributed by atoms with van der Waals surface area (Å²) < 4.78 is 0. The van der Waals surface area contributed by atoms with Crippen molar-refractivity contribution in [3.63, 3.8) is 0 Å². The molecule has 0 aliphatic heterocycles. The van der Waals surface area contributed by atoms with E-state index in [4.69, 9.17) is 5.53 Å². The number of nitrogens with zero attached hydrogens (tertiary/aromatic N) is 3. The van der Waals surface area contributed by atoms with Gasteiger partial charge in [-0.15, -0.1) is 0 Å². The Bertz CT molecular complexity index is 57.2. The molecule has 0 rings (SSSR count). The summed E-state index contributed by atoms with van der Waals surface area (Å²) in [6, 6.07) is 0. The van der Waals surface area contributed by atoms with Gasteiger partial charge in [-0.25, -0.2) is 0 Å². The van der Waals surface area contributed by atoms with Gasteiger partial charge in [-0.1, -0.05) is 19.5 Å². The summed E-state index contributed by atoms with van der Waals surface area (Å²) >= 11 is 0. The Morgan fingerprint density at radius 2 is 2.14 bits per heavy atom. The average molecular weight is 105 g/mol. The predicted octanol–water partition coefficient (Wildman–Crippen LogP) is 1.13. The topological polar surface area (TPSA) is 80.3 Å². The molecule has 0 saturated carbocycles. The van der Waals surface area contributed by atoms with Gasteiger partial charge >= 0.3 is 0 Å². The zero-order valence-electron chi connectivity index (χ0n) is 3.55. The fourth-order valence-corrected chi connectivity index (χ4v) is 0.0632. The minimum absolute atomic E-state index is 0. The lowest BCUT2D eigenvalue weighted by Gasteiger charge is -1.57. The van der Waals surface area contributed by atoms with Crippen LogP contribution in [0.1, 0.15) is 14.4 Å². The lowest BCUT2D eigenvalue weighted by molar-refractivity contribution is 0.824. The Balaban J connectivity index is -0.0000000800. The fraction of sp³-hybridized carbons (Fsp3) is 1.00. The summed E-state index contributed by atoms with van der Waals surface area (Å²) in [6.45, 7) is 2.34. The van der Waals surface area contributed by atoms with E-state index in [0.717, 1.165) is 0 Å². The van der Waals surface area contributed by atoms with E-state index in [9.17, 15) is 0 Å². The van der Waals surface area contributed by atoms with Crippen LogP contribution in [-0.4, -0.2) is 12.0 Å². The van der Waals surface area contributed by atoms with Gasteiger partial charge in [0.1, 0.15) is 0 Å². The zero-order valence-corrected chi connectivity index (χ0v) is 3.55. The van der Waals surface area contributed by atoms with Crippen molar-refractivity contribution in [2.45, 2.75) is 14.4 Å². The van der Waals surface area contributed by atoms with Crippen molar-refractivity contribution in [1.29, 1.82) is 0 Å². The van der Waals surface area contributed by atoms with Gasteiger partial charge in [-0.05, 0) is 5.53 Å². The predicted molar refractivity (Wildman–Crippen MR) is 30.0 cm³/mol. The van der Waals surface area contributed by atoms with Crippen molar-refractivity contribution in [1.82, 2.24) is 0 Å². The van der Waals surface area contributed by atoms with Crippen LogP contribution in [0, 0.1) is 0 Å². The molecule has 0 heterocycles.